The summed E-state index contributed by atoms with van der Waals surface area (Å²) in [5.41, 5.74) is 7.15. The zero-order chi connectivity index (χ0) is 8.97. The molecule has 0 saturated heterocycles. The van der Waals surface area contributed by atoms with Crippen molar-refractivity contribution in [2.24, 2.45) is 5.73 Å². The minimum Gasteiger partial charge on any atom is -0.385 e. The van der Waals surface area contributed by atoms with Gasteiger partial charge in [-0.05, 0) is 30.4 Å². The van der Waals surface area contributed by atoms with Gasteiger partial charge in [0, 0.05) is 24.6 Å². The Morgan fingerprint density at radius 2 is 2.42 bits per heavy atom. The monoisotopic (exact) mass is 185 g/mol. The van der Waals surface area contributed by atoms with Crippen molar-refractivity contribution in [3.63, 3.8) is 0 Å². The van der Waals surface area contributed by atoms with Gasteiger partial charge < -0.3 is 10.5 Å². The van der Waals surface area contributed by atoms with Crippen LogP contribution in [-0.4, -0.2) is 13.7 Å². The van der Waals surface area contributed by atoms with Crippen LogP contribution in [0.5, 0.6) is 0 Å². The van der Waals surface area contributed by atoms with Crippen LogP contribution in [0.4, 0.5) is 0 Å². The van der Waals surface area contributed by atoms with E-state index in [0.717, 1.165) is 13.0 Å². The Morgan fingerprint density at radius 3 is 2.92 bits per heavy atom. The van der Waals surface area contributed by atoms with Crippen molar-refractivity contribution in [3.05, 3.63) is 21.9 Å². The molecule has 12 heavy (non-hydrogen) atoms. The van der Waals surface area contributed by atoms with Crippen LogP contribution in [0.2, 0.25) is 0 Å². The van der Waals surface area contributed by atoms with Gasteiger partial charge in [-0.3, -0.25) is 0 Å². The van der Waals surface area contributed by atoms with Gasteiger partial charge in [-0.1, -0.05) is 0 Å². The Kier molecular flexibility index (Phi) is 3.72. The molecule has 0 spiro atoms. The van der Waals surface area contributed by atoms with Gasteiger partial charge in [-0.25, -0.2) is 0 Å². The first-order chi connectivity index (χ1) is 5.74. The third-order valence-corrected chi connectivity index (χ3v) is 2.69. The molecule has 2 N–H and O–H groups in total. The molecule has 0 radical (unpaired) electrons. The van der Waals surface area contributed by atoms with Gasteiger partial charge in [0.25, 0.3) is 0 Å². The van der Waals surface area contributed by atoms with Crippen LogP contribution >= 0.6 is 11.3 Å². The van der Waals surface area contributed by atoms with Crippen molar-refractivity contribution >= 4 is 11.3 Å². The van der Waals surface area contributed by atoms with E-state index in [1.807, 2.05) is 0 Å². The highest BCUT2D eigenvalue weighted by molar-refractivity contribution is 7.10. The van der Waals surface area contributed by atoms with Crippen LogP contribution in [-0.2, 0) is 4.74 Å². The predicted molar refractivity (Wildman–Crippen MR) is 52.5 cm³/mol. The third-order valence-electron chi connectivity index (χ3n) is 1.81. The van der Waals surface area contributed by atoms with E-state index in [1.54, 1.807) is 18.4 Å². The van der Waals surface area contributed by atoms with Crippen LogP contribution in [0.15, 0.2) is 11.4 Å². The normalized spacial score (nSPS) is 13.2. The summed E-state index contributed by atoms with van der Waals surface area (Å²) in [6, 6.07) is 2.28. The highest BCUT2D eigenvalue weighted by Gasteiger charge is 2.06. The highest BCUT2D eigenvalue weighted by Crippen LogP contribution is 2.20. The number of rotatable bonds is 4. The molecule has 1 aromatic heterocycles. The quantitative estimate of drug-likeness (QED) is 0.779. The summed E-state index contributed by atoms with van der Waals surface area (Å²) in [4.78, 5) is 1.32. The van der Waals surface area contributed by atoms with Gasteiger partial charge in [-0.2, -0.15) is 0 Å². The Morgan fingerprint density at radius 1 is 1.67 bits per heavy atom. The van der Waals surface area contributed by atoms with Crippen molar-refractivity contribution in [2.75, 3.05) is 13.7 Å². The Balaban J connectivity index is 2.47. The lowest BCUT2D eigenvalue weighted by Crippen LogP contribution is -2.11. The fraction of sp³-hybridized carbons (Fsp3) is 0.556. The van der Waals surface area contributed by atoms with Gasteiger partial charge in [0.15, 0.2) is 0 Å². The minimum atomic E-state index is 0.134. The van der Waals surface area contributed by atoms with Crippen LogP contribution in [0.3, 0.4) is 0 Å². The van der Waals surface area contributed by atoms with E-state index in [2.05, 4.69) is 18.4 Å². The maximum atomic E-state index is 5.92. The van der Waals surface area contributed by atoms with Crippen molar-refractivity contribution < 1.29 is 4.74 Å². The van der Waals surface area contributed by atoms with E-state index in [-0.39, 0.29) is 6.04 Å². The van der Waals surface area contributed by atoms with Gasteiger partial charge in [-0.15, -0.1) is 11.3 Å². The second-order valence-electron chi connectivity index (χ2n) is 2.88. The summed E-state index contributed by atoms with van der Waals surface area (Å²) in [5, 5.41) is 2.12. The zero-order valence-corrected chi connectivity index (χ0v) is 8.36. The molecule has 0 aliphatic carbocycles. The summed E-state index contributed by atoms with van der Waals surface area (Å²) in [5.74, 6) is 0. The van der Waals surface area contributed by atoms with Crippen LogP contribution in [0.1, 0.15) is 22.9 Å². The molecular weight excluding hydrogens is 170 g/mol. The first-order valence-corrected chi connectivity index (χ1v) is 4.91. The molecule has 2 nitrogen and oxygen atoms in total. The third kappa shape index (κ3) is 2.59. The fourth-order valence-corrected chi connectivity index (χ4v) is 1.84. The van der Waals surface area contributed by atoms with Crippen molar-refractivity contribution in [1.29, 1.82) is 0 Å². The molecule has 1 atom stereocenters. The number of hydrogen-bond acceptors (Lipinski definition) is 3. The van der Waals surface area contributed by atoms with E-state index in [9.17, 15) is 0 Å². The molecule has 0 aliphatic heterocycles. The molecule has 1 unspecified atom stereocenters. The van der Waals surface area contributed by atoms with E-state index in [4.69, 9.17) is 10.5 Å². The Labute approximate surface area is 77.3 Å². The lowest BCUT2D eigenvalue weighted by Gasteiger charge is -2.07. The van der Waals surface area contributed by atoms with E-state index >= 15 is 0 Å². The molecule has 0 aromatic carbocycles. The van der Waals surface area contributed by atoms with Crippen LogP contribution < -0.4 is 5.73 Å². The first kappa shape index (κ1) is 9.71. The van der Waals surface area contributed by atoms with E-state index in [1.165, 1.54) is 10.4 Å². The van der Waals surface area contributed by atoms with Gasteiger partial charge in [0.2, 0.25) is 0 Å². The number of hydrogen-bond donors (Lipinski definition) is 1. The van der Waals surface area contributed by atoms with E-state index < -0.39 is 0 Å². The largest absolute Gasteiger partial charge is 0.385 e. The Bertz CT molecular complexity index is 234. The van der Waals surface area contributed by atoms with Gasteiger partial charge >= 0.3 is 0 Å². The molecule has 0 saturated carbocycles. The SMILES string of the molecule is COCCC(N)c1csc(C)c1. The number of methoxy groups -OCH3 is 1. The molecule has 0 fully saturated rings. The molecule has 68 valence electrons. The fourth-order valence-electron chi connectivity index (χ4n) is 1.07. The second kappa shape index (κ2) is 4.60. The lowest BCUT2D eigenvalue weighted by molar-refractivity contribution is 0.188. The molecule has 1 heterocycles. The molecule has 3 heteroatoms. The van der Waals surface area contributed by atoms with E-state index in [0.29, 0.717) is 0 Å². The van der Waals surface area contributed by atoms with Crippen molar-refractivity contribution in [3.8, 4) is 0 Å². The number of aryl methyl sites for hydroxylation is 1. The van der Waals surface area contributed by atoms with Gasteiger partial charge in [0.05, 0.1) is 0 Å². The van der Waals surface area contributed by atoms with Crippen molar-refractivity contribution in [2.45, 2.75) is 19.4 Å². The molecule has 0 amide bonds. The maximum absolute atomic E-state index is 5.92. The van der Waals surface area contributed by atoms with Crippen LogP contribution in [0, 0.1) is 6.92 Å². The summed E-state index contributed by atoms with van der Waals surface area (Å²) >= 11 is 1.75. The molecule has 0 aliphatic rings. The second-order valence-corrected chi connectivity index (χ2v) is 3.99. The summed E-state index contributed by atoms with van der Waals surface area (Å²) < 4.78 is 4.96. The lowest BCUT2D eigenvalue weighted by atomic mass is 10.1. The standard InChI is InChI=1S/C9H15NOS/c1-7-5-8(6-12-7)9(10)3-4-11-2/h5-6,9H,3-4,10H2,1-2H3. The molecule has 0 bridgehead atoms. The maximum Gasteiger partial charge on any atom is 0.0480 e. The number of nitrogens with two attached hydrogens (primary N) is 1. The smallest absolute Gasteiger partial charge is 0.0480 e. The molecule has 1 aromatic rings. The summed E-state index contributed by atoms with van der Waals surface area (Å²) in [6.07, 6.45) is 0.896. The van der Waals surface area contributed by atoms with Crippen molar-refractivity contribution in [1.82, 2.24) is 0 Å². The molecule has 1 rings (SSSR count). The minimum absolute atomic E-state index is 0.134. The number of thiophene rings is 1. The number of ether oxygens (including phenoxy) is 1. The summed E-state index contributed by atoms with van der Waals surface area (Å²) in [7, 11) is 1.70. The summed E-state index contributed by atoms with van der Waals surface area (Å²) in [6.45, 7) is 2.83. The average Bonchev–Trinajstić information content (AvgIpc) is 2.47. The zero-order valence-electron chi connectivity index (χ0n) is 7.54. The first-order valence-electron chi connectivity index (χ1n) is 4.03. The average molecular weight is 185 g/mol. The van der Waals surface area contributed by atoms with Crippen LogP contribution in [0.25, 0.3) is 0 Å². The topological polar surface area (TPSA) is 35.2 Å². The van der Waals surface area contributed by atoms with Gasteiger partial charge in [0.1, 0.15) is 0 Å². The molecular formula is C9H15NOS. The Hall–Kier alpha value is -0.380. The highest BCUT2D eigenvalue weighted by atomic mass is 32.1. The predicted octanol–water partition coefficient (Wildman–Crippen LogP) is 2.09.